The van der Waals surface area contributed by atoms with E-state index in [-0.39, 0.29) is 17.9 Å². The predicted molar refractivity (Wildman–Crippen MR) is 139 cm³/mol. The molecular formula is C26H27N7O2S. The van der Waals surface area contributed by atoms with Crippen molar-refractivity contribution in [2.45, 2.75) is 51.5 Å². The summed E-state index contributed by atoms with van der Waals surface area (Å²) < 4.78 is 1.94. The molecule has 36 heavy (non-hydrogen) atoms. The lowest BCUT2D eigenvalue weighted by Crippen LogP contribution is -2.29. The minimum atomic E-state index is -0.188. The lowest BCUT2D eigenvalue weighted by atomic mass is 10.0. The van der Waals surface area contributed by atoms with Crippen LogP contribution in [0.2, 0.25) is 0 Å². The van der Waals surface area contributed by atoms with Crippen molar-refractivity contribution in [1.82, 2.24) is 24.3 Å². The SMILES string of the molecule is CC(=O)N1CCC[C@H]1c1nc(-c2ccc(C(=O)Nc3nc4c(s3)CCCC4)cc2)c2c(N)nccn12. The van der Waals surface area contributed by atoms with Crippen LogP contribution in [0.5, 0.6) is 0 Å². The van der Waals surface area contributed by atoms with Crippen molar-refractivity contribution in [3.05, 3.63) is 58.6 Å². The van der Waals surface area contributed by atoms with Gasteiger partial charge in [0, 0.05) is 41.9 Å². The van der Waals surface area contributed by atoms with Gasteiger partial charge in [0.05, 0.1) is 11.7 Å². The number of aromatic nitrogens is 4. The van der Waals surface area contributed by atoms with Gasteiger partial charge in [-0.05, 0) is 50.7 Å². The number of carbonyl (C=O) groups excluding carboxylic acids is 2. The van der Waals surface area contributed by atoms with E-state index in [9.17, 15) is 9.59 Å². The summed E-state index contributed by atoms with van der Waals surface area (Å²) in [5, 5.41) is 3.61. The van der Waals surface area contributed by atoms with Crippen LogP contribution in [0.1, 0.15) is 65.4 Å². The van der Waals surface area contributed by atoms with Crippen LogP contribution in [0.3, 0.4) is 0 Å². The van der Waals surface area contributed by atoms with E-state index in [1.807, 2.05) is 27.6 Å². The fraction of sp³-hybridized carbons (Fsp3) is 0.346. The van der Waals surface area contributed by atoms with Crippen LogP contribution in [0.15, 0.2) is 36.7 Å². The highest BCUT2D eigenvalue weighted by Gasteiger charge is 2.32. The van der Waals surface area contributed by atoms with Gasteiger partial charge in [-0.1, -0.05) is 12.1 Å². The molecule has 2 aliphatic rings. The van der Waals surface area contributed by atoms with Gasteiger partial charge in [0.2, 0.25) is 5.91 Å². The second kappa shape index (κ2) is 9.02. The first-order chi connectivity index (χ1) is 17.5. The molecule has 0 spiro atoms. The van der Waals surface area contributed by atoms with Gasteiger partial charge in [-0.15, -0.1) is 11.3 Å². The number of rotatable bonds is 4. The molecule has 1 aromatic carbocycles. The molecule has 6 rings (SSSR count). The Labute approximate surface area is 212 Å². The van der Waals surface area contributed by atoms with Crippen molar-refractivity contribution >= 4 is 39.6 Å². The highest BCUT2D eigenvalue weighted by atomic mass is 32.1. The minimum Gasteiger partial charge on any atom is -0.382 e. The molecule has 184 valence electrons. The van der Waals surface area contributed by atoms with E-state index in [2.05, 4.69) is 15.3 Å². The number of amides is 2. The highest BCUT2D eigenvalue weighted by Crippen LogP contribution is 2.36. The van der Waals surface area contributed by atoms with E-state index in [0.29, 0.717) is 27.7 Å². The fourth-order valence-corrected chi connectivity index (χ4v) is 6.33. The Morgan fingerprint density at radius 1 is 1.11 bits per heavy atom. The van der Waals surface area contributed by atoms with Crippen LogP contribution in [-0.4, -0.2) is 42.6 Å². The van der Waals surface area contributed by atoms with Crippen molar-refractivity contribution in [3.8, 4) is 11.3 Å². The first-order valence-electron chi connectivity index (χ1n) is 12.3. The number of hydrogen-bond acceptors (Lipinski definition) is 7. The van der Waals surface area contributed by atoms with Crippen LogP contribution in [0.4, 0.5) is 10.9 Å². The summed E-state index contributed by atoms with van der Waals surface area (Å²) in [7, 11) is 0. The second-order valence-electron chi connectivity index (χ2n) is 9.35. The number of hydrogen-bond donors (Lipinski definition) is 2. The monoisotopic (exact) mass is 501 g/mol. The van der Waals surface area contributed by atoms with Gasteiger partial charge in [0.25, 0.3) is 5.91 Å². The van der Waals surface area contributed by atoms with Crippen molar-refractivity contribution in [1.29, 1.82) is 0 Å². The molecule has 1 aliphatic heterocycles. The van der Waals surface area contributed by atoms with Gasteiger partial charge >= 0.3 is 0 Å². The molecule has 0 radical (unpaired) electrons. The largest absolute Gasteiger partial charge is 0.382 e. The molecule has 0 saturated carbocycles. The topological polar surface area (TPSA) is 119 Å². The Kier molecular flexibility index (Phi) is 5.67. The summed E-state index contributed by atoms with van der Waals surface area (Å²) in [5.74, 6) is 0.992. The molecule has 2 amide bonds. The Morgan fingerprint density at radius 2 is 1.92 bits per heavy atom. The maximum Gasteiger partial charge on any atom is 0.257 e. The maximum atomic E-state index is 12.9. The van der Waals surface area contributed by atoms with Crippen molar-refractivity contribution in [2.75, 3.05) is 17.6 Å². The number of nitrogens with zero attached hydrogens (tertiary/aromatic N) is 5. The third kappa shape index (κ3) is 3.91. The number of likely N-dealkylation sites (tertiary alicyclic amines) is 1. The van der Waals surface area contributed by atoms with Crippen LogP contribution >= 0.6 is 11.3 Å². The maximum absolute atomic E-state index is 12.9. The average molecular weight is 502 g/mol. The zero-order valence-electron chi connectivity index (χ0n) is 20.0. The number of thiazole rings is 1. The molecule has 1 fully saturated rings. The average Bonchev–Trinajstić information content (AvgIpc) is 3.60. The smallest absolute Gasteiger partial charge is 0.257 e. The van der Waals surface area contributed by atoms with E-state index in [1.54, 1.807) is 36.6 Å². The Bertz CT molecular complexity index is 1450. The molecule has 1 atom stereocenters. The molecule has 4 aromatic rings. The van der Waals surface area contributed by atoms with Crippen LogP contribution in [0, 0.1) is 0 Å². The summed E-state index contributed by atoms with van der Waals surface area (Å²) in [6.45, 7) is 2.31. The molecule has 10 heteroatoms. The number of nitrogen functional groups attached to an aromatic ring is 1. The third-order valence-corrected chi connectivity index (χ3v) is 8.13. The van der Waals surface area contributed by atoms with E-state index >= 15 is 0 Å². The summed E-state index contributed by atoms with van der Waals surface area (Å²) >= 11 is 1.57. The van der Waals surface area contributed by atoms with Gasteiger partial charge in [-0.25, -0.2) is 15.0 Å². The lowest BCUT2D eigenvalue weighted by molar-refractivity contribution is -0.129. The van der Waals surface area contributed by atoms with E-state index in [0.717, 1.165) is 55.7 Å². The number of benzene rings is 1. The van der Waals surface area contributed by atoms with Crippen molar-refractivity contribution in [2.24, 2.45) is 0 Å². The summed E-state index contributed by atoms with van der Waals surface area (Å²) in [5.41, 5.74) is 10.2. The van der Waals surface area contributed by atoms with E-state index in [1.165, 1.54) is 11.3 Å². The van der Waals surface area contributed by atoms with Gasteiger partial charge < -0.3 is 10.6 Å². The van der Waals surface area contributed by atoms with Crippen molar-refractivity contribution in [3.63, 3.8) is 0 Å². The summed E-state index contributed by atoms with van der Waals surface area (Å²) in [4.78, 5) is 42.1. The zero-order chi connectivity index (χ0) is 24.8. The standard InChI is InChI=1S/C26H27N7O2S/c1-15(34)32-13-4-6-19(32)24-30-21(22-23(27)28-12-14-33(22)24)16-8-10-17(11-9-16)25(35)31-26-29-18-5-2-3-7-20(18)36-26/h8-12,14,19H,2-7,13H2,1H3,(H2,27,28)(H,29,31,35)/t19-/m0/s1. The molecule has 9 nitrogen and oxygen atoms in total. The molecule has 0 unspecified atom stereocenters. The van der Waals surface area contributed by atoms with Gasteiger partial charge in [0.1, 0.15) is 22.9 Å². The summed E-state index contributed by atoms with van der Waals surface area (Å²) in [6, 6.07) is 7.20. The fourth-order valence-electron chi connectivity index (χ4n) is 5.29. The molecule has 3 aromatic heterocycles. The Morgan fingerprint density at radius 3 is 2.69 bits per heavy atom. The number of aryl methyl sites for hydroxylation is 2. The van der Waals surface area contributed by atoms with E-state index in [4.69, 9.17) is 10.7 Å². The second-order valence-corrected chi connectivity index (χ2v) is 10.4. The molecule has 1 saturated heterocycles. The Balaban J connectivity index is 1.30. The number of nitrogens with one attached hydrogen (secondary N) is 1. The number of fused-ring (bicyclic) bond motifs is 2. The first-order valence-corrected chi connectivity index (χ1v) is 13.1. The predicted octanol–water partition coefficient (Wildman–Crippen LogP) is 4.25. The summed E-state index contributed by atoms with van der Waals surface area (Å²) in [6.07, 6.45) is 9.63. The van der Waals surface area contributed by atoms with Gasteiger partial charge in [-0.2, -0.15) is 0 Å². The third-order valence-electron chi connectivity index (χ3n) is 7.05. The molecule has 0 bridgehead atoms. The van der Waals surface area contributed by atoms with Crippen molar-refractivity contribution < 1.29 is 9.59 Å². The Hall–Kier alpha value is -3.79. The van der Waals surface area contributed by atoms with E-state index < -0.39 is 0 Å². The molecular weight excluding hydrogens is 474 g/mol. The van der Waals surface area contributed by atoms with Crippen LogP contribution in [-0.2, 0) is 17.6 Å². The van der Waals surface area contributed by atoms with Gasteiger partial charge in [-0.3, -0.25) is 19.3 Å². The molecule has 4 heterocycles. The molecule has 1 aliphatic carbocycles. The lowest BCUT2D eigenvalue weighted by Gasteiger charge is -2.22. The minimum absolute atomic E-state index is 0.0364. The number of nitrogens with two attached hydrogens (primary N) is 1. The molecule has 3 N–H and O–H groups in total. The number of imidazole rings is 1. The number of anilines is 2. The first kappa shape index (κ1) is 22.7. The zero-order valence-corrected chi connectivity index (χ0v) is 20.8. The quantitative estimate of drug-likeness (QED) is 0.432. The highest BCUT2D eigenvalue weighted by molar-refractivity contribution is 7.15. The van der Waals surface area contributed by atoms with Crippen LogP contribution in [0.25, 0.3) is 16.8 Å². The number of carbonyl (C=O) groups is 2. The van der Waals surface area contributed by atoms with Crippen LogP contribution < -0.4 is 11.1 Å². The normalized spacial score (nSPS) is 17.4. The van der Waals surface area contributed by atoms with Gasteiger partial charge in [0.15, 0.2) is 5.13 Å².